The minimum Gasteiger partial charge on any atom is -0.448 e. The second-order valence-corrected chi connectivity index (χ2v) is 8.70. The fourth-order valence-electron chi connectivity index (χ4n) is 4.04. The lowest BCUT2D eigenvalue weighted by Crippen LogP contribution is -2.35. The van der Waals surface area contributed by atoms with Crippen LogP contribution in [-0.2, 0) is 9.59 Å². The van der Waals surface area contributed by atoms with Gasteiger partial charge in [0.25, 0.3) is 5.91 Å². The summed E-state index contributed by atoms with van der Waals surface area (Å²) in [5, 5.41) is 6.49. The molecule has 1 aliphatic carbocycles. The van der Waals surface area contributed by atoms with Gasteiger partial charge < -0.3 is 20.0 Å². The SMILES string of the molecule is CN(C)C(=O)C1CCC(C(=O)Nc2c(C(=O)Nc3ccc(Cl)cn3)oc3ccncc23)CC1. The number of anilines is 2. The van der Waals surface area contributed by atoms with Gasteiger partial charge in [0.2, 0.25) is 17.6 Å². The second kappa shape index (κ2) is 9.58. The number of hydrogen-bond acceptors (Lipinski definition) is 6. The number of hydrogen-bond donors (Lipinski definition) is 2. The van der Waals surface area contributed by atoms with E-state index in [2.05, 4.69) is 20.6 Å². The van der Waals surface area contributed by atoms with E-state index in [-0.39, 0.29) is 35.1 Å². The Morgan fingerprint density at radius 3 is 2.42 bits per heavy atom. The molecule has 0 atom stereocenters. The van der Waals surface area contributed by atoms with Crippen LogP contribution in [-0.4, -0.2) is 46.7 Å². The fourth-order valence-corrected chi connectivity index (χ4v) is 4.15. The number of halogens is 1. The van der Waals surface area contributed by atoms with Crippen molar-refractivity contribution in [2.75, 3.05) is 24.7 Å². The predicted octanol–water partition coefficient (Wildman–Crippen LogP) is 3.96. The number of carbonyl (C=O) groups is 3. The Bertz CT molecular complexity index is 1180. The molecule has 9 nitrogen and oxygen atoms in total. The third-order valence-electron chi connectivity index (χ3n) is 5.80. The molecule has 1 fully saturated rings. The summed E-state index contributed by atoms with van der Waals surface area (Å²) in [7, 11) is 3.48. The maximum absolute atomic E-state index is 13.1. The number of amides is 3. The zero-order chi connectivity index (χ0) is 23.5. The van der Waals surface area contributed by atoms with E-state index in [1.54, 1.807) is 49.6 Å². The topological polar surface area (TPSA) is 117 Å². The van der Waals surface area contributed by atoms with Gasteiger partial charge in [-0.05, 0) is 43.9 Å². The van der Waals surface area contributed by atoms with E-state index in [0.29, 0.717) is 47.5 Å². The number of nitrogens with one attached hydrogen (secondary N) is 2. The molecule has 33 heavy (non-hydrogen) atoms. The maximum atomic E-state index is 13.1. The van der Waals surface area contributed by atoms with Crippen molar-refractivity contribution in [3.8, 4) is 0 Å². The zero-order valence-corrected chi connectivity index (χ0v) is 19.1. The van der Waals surface area contributed by atoms with E-state index in [0.717, 1.165) is 0 Å². The lowest BCUT2D eigenvalue weighted by atomic mass is 9.81. The molecule has 10 heteroatoms. The van der Waals surface area contributed by atoms with E-state index in [9.17, 15) is 14.4 Å². The monoisotopic (exact) mass is 469 g/mol. The highest BCUT2D eigenvalue weighted by molar-refractivity contribution is 6.30. The first kappa shape index (κ1) is 22.7. The van der Waals surface area contributed by atoms with Gasteiger partial charge in [0.1, 0.15) is 17.1 Å². The first-order chi connectivity index (χ1) is 15.8. The normalized spacial score (nSPS) is 18.0. The number of carbonyl (C=O) groups excluding carboxylic acids is 3. The van der Waals surface area contributed by atoms with Gasteiger partial charge in [-0.2, -0.15) is 0 Å². The van der Waals surface area contributed by atoms with Crippen molar-refractivity contribution in [3.63, 3.8) is 0 Å². The minimum atomic E-state index is -0.559. The Morgan fingerprint density at radius 1 is 1.03 bits per heavy atom. The van der Waals surface area contributed by atoms with E-state index in [4.69, 9.17) is 16.0 Å². The van der Waals surface area contributed by atoms with Crippen LogP contribution >= 0.6 is 11.6 Å². The van der Waals surface area contributed by atoms with E-state index in [1.807, 2.05) is 0 Å². The van der Waals surface area contributed by atoms with Gasteiger partial charge in [0.15, 0.2) is 0 Å². The predicted molar refractivity (Wildman–Crippen MR) is 124 cm³/mol. The lowest BCUT2D eigenvalue weighted by molar-refractivity contribution is -0.135. The molecule has 1 saturated carbocycles. The molecule has 1 aliphatic rings. The average molecular weight is 470 g/mol. The first-order valence-electron chi connectivity index (χ1n) is 10.6. The van der Waals surface area contributed by atoms with Crippen molar-refractivity contribution in [1.82, 2.24) is 14.9 Å². The van der Waals surface area contributed by atoms with Crippen LogP contribution in [0.3, 0.4) is 0 Å². The molecule has 0 bridgehead atoms. The highest BCUT2D eigenvalue weighted by atomic mass is 35.5. The van der Waals surface area contributed by atoms with Crippen LogP contribution in [0.4, 0.5) is 11.5 Å². The highest BCUT2D eigenvalue weighted by Gasteiger charge is 2.32. The molecule has 172 valence electrons. The first-order valence-corrected chi connectivity index (χ1v) is 11.0. The standard InChI is InChI=1S/C23H24ClN5O4/c1-29(2)23(32)14-5-3-13(4-6-14)21(30)28-19-16-12-25-10-9-17(16)33-20(19)22(31)27-18-8-7-15(24)11-26-18/h7-14H,3-6H2,1-2H3,(H,28,30)(H,26,27,31). The molecule has 0 radical (unpaired) electrons. The molecule has 3 heterocycles. The zero-order valence-electron chi connectivity index (χ0n) is 18.3. The Morgan fingerprint density at radius 2 is 1.76 bits per heavy atom. The fraction of sp³-hybridized carbons (Fsp3) is 0.348. The van der Waals surface area contributed by atoms with Crippen LogP contribution in [0.5, 0.6) is 0 Å². The van der Waals surface area contributed by atoms with Crippen molar-refractivity contribution >= 4 is 51.8 Å². The van der Waals surface area contributed by atoms with Crippen LogP contribution < -0.4 is 10.6 Å². The number of fused-ring (bicyclic) bond motifs is 1. The molecule has 3 aromatic heterocycles. The van der Waals surface area contributed by atoms with Crippen LogP contribution in [0.2, 0.25) is 5.02 Å². The van der Waals surface area contributed by atoms with Gasteiger partial charge in [0.05, 0.1) is 10.4 Å². The van der Waals surface area contributed by atoms with Gasteiger partial charge in [-0.25, -0.2) is 4.98 Å². The van der Waals surface area contributed by atoms with Crippen LogP contribution in [0.1, 0.15) is 36.2 Å². The summed E-state index contributed by atoms with van der Waals surface area (Å²) in [6.45, 7) is 0. The van der Waals surface area contributed by atoms with Gasteiger partial charge >= 0.3 is 0 Å². The third-order valence-corrected chi connectivity index (χ3v) is 6.02. The number of furan rings is 1. The van der Waals surface area contributed by atoms with Crippen LogP contribution in [0.15, 0.2) is 41.2 Å². The van der Waals surface area contributed by atoms with Gasteiger partial charge in [-0.15, -0.1) is 0 Å². The molecule has 3 amide bonds. The van der Waals surface area contributed by atoms with Crippen molar-refractivity contribution < 1.29 is 18.8 Å². The van der Waals surface area contributed by atoms with Crippen LogP contribution in [0, 0.1) is 11.8 Å². The molecule has 0 saturated heterocycles. The Balaban J connectivity index is 1.52. The smallest absolute Gasteiger partial charge is 0.294 e. The molecule has 3 aromatic rings. The van der Waals surface area contributed by atoms with Gasteiger partial charge in [0, 0.05) is 44.5 Å². The summed E-state index contributed by atoms with van der Waals surface area (Å²) in [4.78, 5) is 48.0. The molecular weight excluding hydrogens is 446 g/mol. The summed E-state index contributed by atoms with van der Waals surface area (Å²) in [5.74, 6) is -0.741. The number of rotatable bonds is 5. The van der Waals surface area contributed by atoms with Crippen LogP contribution in [0.25, 0.3) is 11.0 Å². The van der Waals surface area contributed by atoms with Crippen molar-refractivity contribution in [2.45, 2.75) is 25.7 Å². The number of pyridine rings is 2. The summed E-state index contributed by atoms with van der Waals surface area (Å²) < 4.78 is 5.75. The van der Waals surface area contributed by atoms with E-state index < -0.39 is 5.91 Å². The van der Waals surface area contributed by atoms with Crippen molar-refractivity contribution in [2.24, 2.45) is 11.8 Å². The number of aromatic nitrogens is 2. The Kier molecular flexibility index (Phi) is 6.60. The maximum Gasteiger partial charge on any atom is 0.294 e. The number of nitrogens with zero attached hydrogens (tertiary/aromatic N) is 3. The molecule has 0 spiro atoms. The quantitative estimate of drug-likeness (QED) is 0.584. The van der Waals surface area contributed by atoms with E-state index >= 15 is 0 Å². The average Bonchev–Trinajstić information content (AvgIpc) is 3.18. The van der Waals surface area contributed by atoms with Gasteiger partial charge in [-0.1, -0.05) is 11.6 Å². The summed E-state index contributed by atoms with van der Waals surface area (Å²) in [5.41, 5.74) is 0.691. The molecule has 0 aromatic carbocycles. The lowest BCUT2D eigenvalue weighted by Gasteiger charge is -2.28. The molecule has 4 rings (SSSR count). The third kappa shape index (κ3) is 4.98. The van der Waals surface area contributed by atoms with Crippen molar-refractivity contribution in [3.05, 3.63) is 47.6 Å². The molecular formula is C23H24ClN5O4. The summed E-state index contributed by atoms with van der Waals surface area (Å²) in [6, 6.07) is 4.79. The largest absolute Gasteiger partial charge is 0.448 e. The van der Waals surface area contributed by atoms with E-state index in [1.165, 1.54) is 6.20 Å². The highest BCUT2D eigenvalue weighted by Crippen LogP contribution is 2.34. The Hall–Kier alpha value is -3.46. The summed E-state index contributed by atoms with van der Waals surface area (Å²) in [6.07, 6.45) is 7.00. The summed E-state index contributed by atoms with van der Waals surface area (Å²) >= 11 is 5.85. The minimum absolute atomic E-state index is 0.0421. The molecule has 2 N–H and O–H groups in total. The molecule has 0 aliphatic heterocycles. The van der Waals surface area contributed by atoms with Crippen molar-refractivity contribution in [1.29, 1.82) is 0 Å². The van der Waals surface area contributed by atoms with Gasteiger partial charge in [-0.3, -0.25) is 19.4 Å². The molecule has 0 unspecified atom stereocenters. The second-order valence-electron chi connectivity index (χ2n) is 8.26. The Labute approximate surface area is 195 Å².